The van der Waals surface area contributed by atoms with Crippen LogP contribution in [0, 0.1) is 10.8 Å². The summed E-state index contributed by atoms with van der Waals surface area (Å²) >= 11 is 0. The van der Waals surface area contributed by atoms with Gasteiger partial charge in [-0.05, 0) is 37.3 Å². The lowest BCUT2D eigenvalue weighted by Crippen LogP contribution is -2.32. The third kappa shape index (κ3) is 2.99. The first-order valence-electron chi connectivity index (χ1n) is 6.28. The van der Waals surface area contributed by atoms with Crippen molar-refractivity contribution in [1.29, 1.82) is 5.41 Å². The summed E-state index contributed by atoms with van der Waals surface area (Å²) in [5.74, 6) is 0.326. The summed E-state index contributed by atoms with van der Waals surface area (Å²) in [6.45, 7) is 4.20. The van der Waals surface area contributed by atoms with Gasteiger partial charge in [0.15, 0.2) is 0 Å². The quantitative estimate of drug-likeness (QED) is 0.584. The Morgan fingerprint density at radius 3 is 2.47 bits per heavy atom. The van der Waals surface area contributed by atoms with Gasteiger partial charge in [0.1, 0.15) is 0 Å². The molecule has 0 atom stereocenters. The van der Waals surface area contributed by atoms with Gasteiger partial charge in [0, 0.05) is 25.2 Å². The molecule has 1 aromatic carbocycles. The van der Waals surface area contributed by atoms with E-state index >= 15 is 0 Å². The summed E-state index contributed by atoms with van der Waals surface area (Å²) in [5, 5.41) is 7.46. The first-order chi connectivity index (χ1) is 8.15. The van der Waals surface area contributed by atoms with Crippen molar-refractivity contribution in [2.45, 2.75) is 26.2 Å². The highest BCUT2D eigenvalue weighted by molar-refractivity contribution is 5.78. The Morgan fingerprint density at radius 1 is 1.35 bits per heavy atom. The number of para-hydroxylation sites is 1. The SMILES string of the molecule is CCN(CC1(CC(=N)N)CC1)c1ccccc1. The smallest absolute Gasteiger partial charge is 0.0911 e. The fourth-order valence-electron chi connectivity index (χ4n) is 2.40. The molecule has 92 valence electrons. The zero-order valence-electron chi connectivity index (χ0n) is 10.4. The summed E-state index contributed by atoms with van der Waals surface area (Å²) < 4.78 is 0. The molecule has 1 fully saturated rings. The van der Waals surface area contributed by atoms with Crippen molar-refractivity contribution < 1.29 is 0 Å². The molecular weight excluding hydrogens is 210 g/mol. The molecule has 3 N–H and O–H groups in total. The maximum Gasteiger partial charge on any atom is 0.0911 e. The first kappa shape index (κ1) is 12.0. The van der Waals surface area contributed by atoms with Crippen molar-refractivity contribution in [2.75, 3.05) is 18.0 Å². The molecule has 0 unspecified atom stereocenters. The number of amidine groups is 1. The Balaban J connectivity index is 2.03. The van der Waals surface area contributed by atoms with Crippen LogP contribution in [0.5, 0.6) is 0 Å². The average molecular weight is 231 g/mol. The van der Waals surface area contributed by atoms with Crippen LogP contribution >= 0.6 is 0 Å². The van der Waals surface area contributed by atoms with Gasteiger partial charge >= 0.3 is 0 Å². The van der Waals surface area contributed by atoms with E-state index in [0.717, 1.165) is 19.5 Å². The van der Waals surface area contributed by atoms with E-state index in [0.29, 0.717) is 5.84 Å². The molecule has 1 aromatic rings. The summed E-state index contributed by atoms with van der Waals surface area (Å²) in [5.41, 5.74) is 7.08. The van der Waals surface area contributed by atoms with E-state index in [1.165, 1.54) is 18.5 Å². The topological polar surface area (TPSA) is 53.1 Å². The van der Waals surface area contributed by atoms with Crippen molar-refractivity contribution in [3.8, 4) is 0 Å². The van der Waals surface area contributed by atoms with Crippen molar-refractivity contribution in [3.05, 3.63) is 30.3 Å². The minimum Gasteiger partial charge on any atom is -0.388 e. The van der Waals surface area contributed by atoms with E-state index in [-0.39, 0.29) is 5.41 Å². The molecule has 17 heavy (non-hydrogen) atoms. The van der Waals surface area contributed by atoms with Crippen LogP contribution in [0.15, 0.2) is 30.3 Å². The molecule has 0 aliphatic heterocycles. The van der Waals surface area contributed by atoms with E-state index in [2.05, 4.69) is 36.1 Å². The first-order valence-corrected chi connectivity index (χ1v) is 6.28. The molecule has 0 spiro atoms. The molecule has 2 rings (SSSR count). The molecule has 1 aliphatic rings. The molecule has 0 aromatic heterocycles. The molecule has 0 heterocycles. The highest BCUT2D eigenvalue weighted by atomic mass is 15.1. The fourth-order valence-corrected chi connectivity index (χ4v) is 2.40. The second-order valence-electron chi connectivity index (χ2n) is 5.05. The molecule has 3 nitrogen and oxygen atoms in total. The molecule has 3 heteroatoms. The molecule has 0 radical (unpaired) electrons. The van der Waals surface area contributed by atoms with E-state index in [4.69, 9.17) is 11.1 Å². The number of anilines is 1. The van der Waals surface area contributed by atoms with Crippen molar-refractivity contribution >= 4 is 11.5 Å². The van der Waals surface area contributed by atoms with Gasteiger partial charge in [-0.1, -0.05) is 18.2 Å². The van der Waals surface area contributed by atoms with Crippen LogP contribution in [-0.4, -0.2) is 18.9 Å². The second kappa shape index (κ2) is 4.78. The zero-order chi connectivity index (χ0) is 12.3. The Bertz CT molecular complexity index is 382. The van der Waals surface area contributed by atoms with E-state index < -0.39 is 0 Å². The molecular formula is C14H21N3. The van der Waals surface area contributed by atoms with Gasteiger partial charge in [0.05, 0.1) is 5.84 Å². The predicted molar refractivity (Wildman–Crippen MR) is 72.5 cm³/mol. The van der Waals surface area contributed by atoms with Gasteiger partial charge in [-0.15, -0.1) is 0 Å². The maximum atomic E-state index is 7.46. The molecule has 1 aliphatic carbocycles. The normalized spacial score (nSPS) is 16.5. The van der Waals surface area contributed by atoms with E-state index in [1.54, 1.807) is 0 Å². The summed E-state index contributed by atoms with van der Waals surface area (Å²) in [6, 6.07) is 10.5. The molecule has 0 saturated heterocycles. The Hall–Kier alpha value is -1.51. The van der Waals surface area contributed by atoms with Gasteiger partial charge in [-0.25, -0.2) is 0 Å². The number of hydrogen-bond donors (Lipinski definition) is 2. The number of benzene rings is 1. The predicted octanol–water partition coefficient (Wildman–Crippen LogP) is 2.62. The maximum absolute atomic E-state index is 7.46. The highest BCUT2D eigenvalue weighted by Gasteiger charge is 2.44. The van der Waals surface area contributed by atoms with Crippen molar-refractivity contribution in [3.63, 3.8) is 0 Å². The van der Waals surface area contributed by atoms with Crippen LogP contribution in [0.3, 0.4) is 0 Å². The summed E-state index contributed by atoms with van der Waals surface area (Å²) in [4.78, 5) is 2.38. The van der Waals surface area contributed by atoms with Gasteiger partial charge in [0.25, 0.3) is 0 Å². The van der Waals surface area contributed by atoms with E-state index in [1.807, 2.05) is 6.07 Å². The number of nitrogens with two attached hydrogens (primary N) is 1. The molecule has 1 saturated carbocycles. The van der Waals surface area contributed by atoms with Crippen LogP contribution < -0.4 is 10.6 Å². The lowest BCUT2D eigenvalue weighted by Gasteiger charge is -2.28. The van der Waals surface area contributed by atoms with Crippen molar-refractivity contribution in [2.24, 2.45) is 11.1 Å². The van der Waals surface area contributed by atoms with Crippen LogP contribution in [0.25, 0.3) is 0 Å². The lowest BCUT2D eigenvalue weighted by atomic mass is 10.0. The fraction of sp³-hybridized carbons (Fsp3) is 0.500. The van der Waals surface area contributed by atoms with E-state index in [9.17, 15) is 0 Å². The van der Waals surface area contributed by atoms with Gasteiger partial charge in [-0.3, -0.25) is 5.41 Å². The van der Waals surface area contributed by atoms with Gasteiger partial charge in [-0.2, -0.15) is 0 Å². The highest BCUT2D eigenvalue weighted by Crippen LogP contribution is 2.49. The zero-order valence-corrected chi connectivity index (χ0v) is 10.4. The number of nitrogens with one attached hydrogen (secondary N) is 1. The number of rotatable bonds is 6. The van der Waals surface area contributed by atoms with Crippen LogP contribution in [-0.2, 0) is 0 Å². The molecule has 0 amide bonds. The Morgan fingerprint density at radius 2 is 2.00 bits per heavy atom. The standard InChI is InChI=1S/C14H21N3/c1-2-17(12-6-4-3-5-7-12)11-14(8-9-14)10-13(15)16/h3-7H,2,8-11H2,1H3,(H3,15,16). The number of nitrogens with zero attached hydrogens (tertiary/aromatic N) is 1. The van der Waals surface area contributed by atoms with Crippen LogP contribution in [0.4, 0.5) is 5.69 Å². The van der Waals surface area contributed by atoms with Gasteiger partial charge < -0.3 is 10.6 Å². The largest absolute Gasteiger partial charge is 0.388 e. The molecule has 0 bridgehead atoms. The van der Waals surface area contributed by atoms with Crippen LogP contribution in [0.1, 0.15) is 26.2 Å². The Kier molecular flexibility index (Phi) is 3.36. The average Bonchev–Trinajstić information content (AvgIpc) is 3.06. The third-order valence-corrected chi connectivity index (χ3v) is 3.55. The monoisotopic (exact) mass is 231 g/mol. The second-order valence-corrected chi connectivity index (χ2v) is 5.05. The van der Waals surface area contributed by atoms with Crippen molar-refractivity contribution in [1.82, 2.24) is 0 Å². The number of hydrogen-bond acceptors (Lipinski definition) is 2. The lowest BCUT2D eigenvalue weighted by molar-refractivity contribution is 0.518. The van der Waals surface area contributed by atoms with Crippen LogP contribution in [0.2, 0.25) is 0 Å². The summed E-state index contributed by atoms with van der Waals surface area (Å²) in [7, 11) is 0. The minimum absolute atomic E-state index is 0.275. The third-order valence-electron chi connectivity index (χ3n) is 3.55. The van der Waals surface area contributed by atoms with Gasteiger partial charge in [0.2, 0.25) is 0 Å². The Labute approximate surface area is 103 Å². The minimum atomic E-state index is 0.275. The summed E-state index contributed by atoms with van der Waals surface area (Å²) in [6.07, 6.45) is 3.15.